The number of hydrogen-bond acceptors (Lipinski definition) is 2. The summed E-state index contributed by atoms with van der Waals surface area (Å²) in [5.41, 5.74) is 0. The van der Waals surface area contributed by atoms with Crippen LogP contribution in [0, 0.1) is 17.8 Å². The van der Waals surface area contributed by atoms with E-state index in [2.05, 4.69) is 5.23 Å². The van der Waals surface area contributed by atoms with Gasteiger partial charge in [0, 0.05) is 12.0 Å². The molecule has 0 amide bonds. The van der Waals surface area contributed by atoms with E-state index in [-0.39, 0.29) is 0 Å². The van der Waals surface area contributed by atoms with Crippen molar-refractivity contribution in [3.05, 3.63) is 0 Å². The fourth-order valence-electron chi connectivity index (χ4n) is 3.45. The maximum absolute atomic E-state index is 11.5. The molecule has 3 aliphatic rings. The summed E-state index contributed by atoms with van der Waals surface area (Å²) >= 11 is 0. The quantitative estimate of drug-likeness (QED) is 0.626. The van der Waals surface area contributed by atoms with Gasteiger partial charge < -0.3 is 5.23 Å². The zero-order valence-electron chi connectivity index (χ0n) is 8.55. The minimum Gasteiger partial charge on any atom is -0.359 e. The average Bonchev–Trinajstić information content (AvgIpc) is 2.17. The molecule has 0 aromatic rings. The van der Waals surface area contributed by atoms with Crippen LogP contribution < -0.4 is 5.23 Å². The van der Waals surface area contributed by atoms with E-state index < -0.39 is 0 Å². The van der Waals surface area contributed by atoms with E-state index in [1.165, 1.54) is 25.7 Å². The highest BCUT2D eigenvalue weighted by Gasteiger charge is 2.44. The average molecular weight is 179 g/mol. The van der Waals surface area contributed by atoms with Crippen molar-refractivity contribution in [1.29, 1.82) is 0 Å². The van der Waals surface area contributed by atoms with E-state index in [0.29, 0.717) is 23.7 Å². The molecule has 3 heteroatoms. The lowest BCUT2D eigenvalue weighted by Crippen LogP contribution is -2.53. The Bertz CT molecular complexity index is 211. The van der Waals surface area contributed by atoms with Crippen LogP contribution in [-0.4, -0.2) is 19.8 Å². The van der Waals surface area contributed by atoms with Gasteiger partial charge in [0.2, 0.25) is 0 Å². The highest BCUT2D eigenvalue weighted by Crippen LogP contribution is 2.45. The highest BCUT2D eigenvalue weighted by molar-refractivity contribution is 6.04. The monoisotopic (exact) mass is 179 g/mol. The molecule has 0 aromatic heterocycles. The summed E-state index contributed by atoms with van der Waals surface area (Å²) in [6.07, 6.45) is 5.24. The summed E-state index contributed by atoms with van der Waals surface area (Å²) in [7, 11) is 2.00. The van der Waals surface area contributed by atoms with E-state index >= 15 is 0 Å². The molecular formula is C10H18BNO. The molecular weight excluding hydrogens is 161 g/mol. The van der Waals surface area contributed by atoms with Crippen molar-refractivity contribution in [3.8, 4) is 0 Å². The van der Waals surface area contributed by atoms with Crippen molar-refractivity contribution >= 4 is 13.8 Å². The van der Waals surface area contributed by atoms with Crippen LogP contribution in [0.3, 0.4) is 0 Å². The van der Waals surface area contributed by atoms with Crippen molar-refractivity contribution in [2.24, 2.45) is 17.8 Å². The Labute approximate surface area is 80.9 Å². The molecule has 3 rings (SSSR count). The van der Waals surface area contributed by atoms with E-state index in [1.807, 2.05) is 7.98 Å². The van der Waals surface area contributed by atoms with Gasteiger partial charge in [0.05, 0.1) is 0 Å². The van der Waals surface area contributed by atoms with E-state index in [4.69, 9.17) is 0 Å². The number of carbonyl (C=O) groups is 1. The van der Waals surface area contributed by atoms with Crippen molar-refractivity contribution in [2.45, 2.75) is 38.6 Å². The fraction of sp³-hybridized carbons (Fsp3) is 0.900. The standard InChI is InChI=1S/C10H18BNO/c1-6(13)9-7-2-4-8(5-3-7)10(9)12-11/h7-10,12H,2-5,11H2,1H3/t7?,8?,9-,10+/m1/s1. The van der Waals surface area contributed by atoms with Gasteiger partial charge >= 0.3 is 0 Å². The summed E-state index contributed by atoms with van der Waals surface area (Å²) < 4.78 is 0. The summed E-state index contributed by atoms with van der Waals surface area (Å²) in [4.78, 5) is 11.5. The van der Waals surface area contributed by atoms with Gasteiger partial charge in [-0.3, -0.25) is 4.79 Å². The van der Waals surface area contributed by atoms with E-state index in [1.54, 1.807) is 6.92 Å². The number of ketones is 1. The molecule has 72 valence electrons. The van der Waals surface area contributed by atoms with Gasteiger partial charge in [-0.1, -0.05) is 0 Å². The van der Waals surface area contributed by atoms with Crippen molar-refractivity contribution in [3.63, 3.8) is 0 Å². The van der Waals surface area contributed by atoms with Crippen LogP contribution in [0.1, 0.15) is 32.6 Å². The summed E-state index contributed by atoms with van der Waals surface area (Å²) in [6, 6.07) is 0.477. The highest BCUT2D eigenvalue weighted by atomic mass is 16.1. The van der Waals surface area contributed by atoms with Gasteiger partial charge in [0.1, 0.15) is 5.78 Å². The van der Waals surface area contributed by atoms with Crippen LogP contribution in [0.25, 0.3) is 0 Å². The minimum atomic E-state index is 0.317. The van der Waals surface area contributed by atoms with Gasteiger partial charge in [-0.2, -0.15) is 0 Å². The number of hydrogen-bond donors (Lipinski definition) is 1. The fourth-order valence-corrected chi connectivity index (χ4v) is 3.45. The third kappa shape index (κ3) is 1.43. The number of carbonyl (C=O) groups excluding carboxylic acids is 1. The van der Waals surface area contributed by atoms with E-state index in [0.717, 1.165) is 5.92 Å². The smallest absolute Gasteiger partial charge is 0.182 e. The molecule has 2 atom stereocenters. The molecule has 0 unspecified atom stereocenters. The molecule has 13 heavy (non-hydrogen) atoms. The number of Topliss-reactive ketones (excluding diaryl/α,β-unsaturated/α-hetero) is 1. The zero-order valence-corrected chi connectivity index (χ0v) is 8.55. The van der Waals surface area contributed by atoms with Crippen LogP contribution in [0.2, 0.25) is 0 Å². The minimum absolute atomic E-state index is 0.317. The maximum Gasteiger partial charge on any atom is 0.182 e. The van der Waals surface area contributed by atoms with Gasteiger partial charge in [0.15, 0.2) is 7.98 Å². The van der Waals surface area contributed by atoms with Gasteiger partial charge in [-0.25, -0.2) is 0 Å². The van der Waals surface area contributed by atoms with Crippen LogP contribution in [-0.2, 0) is 4.79 Å². The Hall–Kier alpha value is -0.305. The Balaban J connectivity index is 2.18. The van der Waals surface area contributed by atoms with Crippen LogP contribution in [0.4, 0.5) is 0 Å². The molecule has 3 aliphatic carbocycles. The summed E-state index contributed by atoms with van der Waals surface area (Å²) in [5.74, 6) is 2.16. The molecule has 3 fully saturated rings. The topological polar surface area (TPSA) is 29.1 Å². The molecule has 0 saturated heterocycles. The molecule has 1 N–H and O–H groups in total. The van der Waals surface area contributed by atoms with Gasteiger partial charge in [-0.15, -0.1) is 0 Å². The molecule has 2 bridgehead atoms. The lowest BCUT2D eigenvalue weighted by atomic mass is 9.60. The molecule has 0 aliphatic heterocycles. The number of nitrogens with one attached hydrogen (secondary N) is 1. The Morgan fingerprint density at radius 1 is 1.23 bits per heavy atom. The predicted molar refractivity (Wildman–Crippen MR) is 55.1 cm³/mol. The second-order valence-electron chi connectivity index (χ2n) is 4.63. The van der Waals surface area contributed by atoms with Crippen molar-refractivity contribution < 1.29 is 4.79 Å². The van der Waals surface area contributed by atoms with E-state index in [9.17, 15) is 4.79 Å². The number of rotatable bonds is 2. The van der Waals surface area contributed by atoms with Crippen molar-refractivity contribution in [1.82, 2.24) is 5.23 Å². The largest absolute Gasteiger partial charge is 0.359 e. The first-order valence-electron chi connectivity index (χ1n) is 5.41. The molecule has 3 saturated carbocycles. The SMILES string of the molecule is BN[C@H]1C2CCC(CC2)[C@H]1C(C)=O. The molecule has 0 radical (unpaired) electrons. The molecule has 2 nitrogen and oxygen atoms in total. The lowest BCUT2D eigenvalue weighted by molar-refractivity contribution is -0.127. The van der Waals surface area contributed by atoms with Crippen LogP contribution in [0.15, 0.2) is 0 Å². The second kappa shape index (κ2) is 3.45. The first-order valence-corrected chi connectivity index (χ1v) is 5.41. The third-order valence-corrected chi connectivity index (χ3v) is 4.02. The molecule has 0 aromatic carbocycles. The van der Waals surface area contributed by atoms with Gasteiger partial charge in [0.25, 0.3) is 0 Å². The zero-order chi connectivity index (χ0) is 9.42. The van der Waals surface area contributed by atoms with Crippen LogP contribution in [0.5, 0.6) is 0 Å². The molecule has 0 heterocycles. The Morgan fingerprint density at radius 3 is 2.15 bits per heavy atom. The summed E-state index contributed by atoms with van der Waals surface area (Å²) in [5, 5.41) is 3.35. The molecule has 0 spiro atoms. The van der Waals surface area contributed by atoms with Crippen molar-refractivity contribution in [2.75, 3.05) is 0 Å². The Morgan fingerprint density at radius 2 is 1.77 bits per heavy atom. The Kier molecular flexibility index (Phi) is 2.46. The van der Waals surface area contributed by atoms with Gasteiger partial charge in [-0.05, 0) is 44.4 Å². The lowest BCUT2D eigenvalue weighted by Gasteiger charge is -2.47. The maximum atomic E-state index is 11.5. The first kappa shape index (κ1) is 9.26. The summed E-state index contributed by atoms with van der Waals surface area (Å²) in [6.45, 7) is 1.76. The predicted octanol–water partition coefficient (Wildman–Crippen LogP) is 0.518. The second-order valence-corrected chi connectivity index (χ2v) is 4.63. The van der Waals surface area contributed by atoms with Crippen LogP contribution >= 0.6 is 0 Å². The third-order valence-electron chi connectivity index (χ3n) is 4.02. The first-order chi connectivity index (χ1) is 6.24. The normalized spacial score (nSPS) is 43.5. The number of fused-ring (bicyclic) bond motifs is 3.